The lowest BCUT2D eigenvalue weighted by Gasteiger charge is -2.06. The number of alkyl halides is 2. The first-order chi connectivity index (χ1) is 14.3. The Morgan fingerprint density at radius 3 is 2.70 bits per heavy atom. The van der Waals surface area contributed by atoms with E-state index in [0.717, 1.165) is 4.52 Å². The van der Waals surface area contributed by atoms with Crippen molar-refractivity contribution in [2.75, 3.05) is 5.32 Å². The fourth-order valence-corrected chi connectivity index (χ4v) is 3.39. The third-order valence-corrected chi connectivity index (χ3v) is 4.95. The molecule has 4 aromatic rings. The molecule has 12 heteroatoms. The maximum Gasteiger partial charge on any atom is 0.280 e. The average Bonchev–Trinajstić information content (AvgIpc) is 3.30. The number of nitrogens with one attached hydrogen (secondary N) is 1. The van der Waals surface area contributed by atoms with E-state index in [1.165, 1.54) is 23.3 Å². The minimum atomic E-state index is -2.76. The van der Waals surface area contributed by atoms with Crippen LogP contribution >= 0.6 is 23.2 Å². The molecule has 0 aliphatic rings. The molecule has 0 saturated carbocycles. The van der Waals surface area contributed by atoms with Crippen molar-refractivity contribution in [3.05, 3.63) is 69.3 Å². The Labute approximate surface area is 178 Å². The normalized spacial score (nSPS) is 11.4. The average molecular weight is 452 g/mol. The van der Waals surface area contributed by atoms with Crippen molar-refractivity contribution in [2.24, 2.45) is 0 Å². The van der Waals surface area contributed by atoms with Crippen LogP contribution in [0.5, 0.6) is 0 Å². The Morgan fingerprint density at radius 1 is 1.27 bits per heavy atom. The van der Waals surface area contributed by atoms with Crippen molar-refractivity contribution < 1.29 is 13.6 Å². The molecular formula is C18H13Cl2F2N7O. The Kier molecular flexibility index (Phi) is 5.35. The highest BCUT2D eigenvalue weighted by atomic mass is 35.5. The topological polar surface area (TPSA) is 90.0 Å². The second kappa shape index (κ2) is 7.96. The molecule has 0 aliphatic heterocycles. The lowest BCUT2D eigenvalue weighted by molar-refractivity contribution is 0.102. The van der Waals surface area contributed by atoms with E-state index >= 15 is 0 Å². The number of aryl methyl sites for hydroxylation is 1. The van der Waals surface area contributed by atoms with Gasteiger partial charge < -0.3 is 0 Å². The summed E-state index contributed by atoms with van der Waals surface area (Å²) in [5.41, 5.74) is 0.684. The van der Waals surface area contributed by atoms with E-state index in [-0.39, 0.29) is 29.4 Å². The molecule has 30 heavy (non-hydrogen) atoms. The summed E-state index contributed by atoms with van der Waals surface area (Å²) in [6.45, 7) is 1.81. The number of aromatic nitrogens is 6. The van der Waals surface area contributed by atoms with Gasteiger partial charge in [0.1, 0.15) is 17.6 Å². The third kappa shape index (κ3) is 3.83. The summed E-state index contributed by atoms with van der Waals surface area (Å²) in [5.74, 6) is -0.610. The van der Waals surface area contributed by atoms with Gasteiger partial charge in [-0.2, -0.15) is 5.10 Å². The van der Waals surface area contributed by atoms with Crippen LogP contribution in [0.25, 0.3) is 5.65 Å². The van der Waals surface area contributed by atoms with Crippen LogP contribution in [-0.2, 0) is 6.54 Å². The number of hydrogen-bond acceptors (Lipinski definition) is 5. The predicted molar refractivity (Wildman–Crippen MR) is 106 cm³/mol. The van der Waals surface area contributed by atoms with Gasteiger partial charge >= 0.3 is 0 Å². The number of benzene rings is 1. The molecule has 1 N–H and O–H groups in total. The molecule has 0 atom stereocenters. The van der Waals surface area contributed by atoms with Crippen molar-refractivity contribution in [1.29, 1.82) is 0 Å². The van der Waals surface area contributed by atoms with E-state index in [9.17, 15) is 13.6 Å². The lowest BCUT2D eigenvalue weighted by Crippen LogP contribution is -2.14. The van der Waals surface area contributed by atoms with Crippen LogP contribution in [0.1, 0.15) is 33.7 Å². The molecule has 0 radical (unpaired) electrons. The lowest BCUT2D eigenvalue weighted by atomic mass is 10.2. The minimum absolute atomic E-state index is 0.0178. The van der Waals surface area contributed by atoms with E-state index in [0.29, 0.717) is 21.3 Å². The summed E-state index contributed by atoms with van der Waals surface area (Å²) in [4.78, 5) is 20.8. The Balaban J connectivity index is 1.57. The smallest absolute Gasteiger partial charge is 0.280 e. The molecule has 0 spiro atoms. The monoisotopic (exact) mass is 451 g/mol. The SMILES string of the molecule is Cc1cc(C(F)F)n2ncc(C(=O)Nc3ncn(Cc4c(Cl)cccc4Cl)n3)c2n1. The van der Waals surface area contributed by atoms with Crippen LogP contribution in [0.2, 0.25) is 10.0 Å². The van der Waals surface area contributed by atoms with Crippen LogP contribution in [0.3, 0.4) is 0 Å². The second-order valence-corrected chi connectivity index (χ2v) is 7.15. The molecule has 0 saturated heterocycles. The summed E-state index contributed by atoms with van der Waals surface area (Å²) < 4.78 is 28.9. The molecule has 0 unspecified atom stereocenters. The van der Waals surface area contributed by atoms with Gasteiger partial charge in [-0.3, -0.25) is 10.1 Å². The third-order valence-electron chi connectivity index (χ3n) is 4.24. The van der Waals surface area contributed by atoms with Gasteiger partial charge in [0.15, 0.2) is 5.65 Å². The van der Waals surface area contributed by atoms with Gasteiger partial charge in [0.25, 0.3) is 12.3 Å². The highest BCUT2D eigenvalue weighted by molar-refractivity contribution is 6.35. The van der Waals surface area contributed by atoms with Gasteiger partial charge in [0, 0.05) is 21.3 Å². The zero-order valence-corrected chi connectivity index (χ0v) is 16.9. The number of carbonyl (C=O) groups is 1. The van der Waals surface area contributed by atoms with Gasteiger partial charge in [0.05, 0.1) is 12.7 Å². The molecule has 154 valence electrons. The zero-order chi connectivity index (χ0) is 21.4. The van der Waals surface area contributed by atoms with Gasteiger partial charge in [-0.25, -0.2) is 27.9 Å². The number of halogens is 4. The predicted octanol–water partition coefficient (Wildman–Crippen LogP) is 4.17. The Morgan fingerprint density at radius 2 is 2.00 bits per heavy atom. The minimum Gasteiger partial charge on any atom is -0.289 e. The first-order valence-electron chi connectivity index (χ1n) is 8.60. The van der Waals surface area contributed by atoms with Crippen LogP contribution in [0.4, 0.5) is 14.7 Å². The van der Waals surface area contributed by atoms with Crippen molar-refractivity contribution in [1.82, 2.24) is 29.4 Å². The van der Waals surface area contributed by atoms with Gasteiger partial charge in [-0.15, -0.1) is 5.10 Å². The number of rotatable bonds is 5. The molecule has 0 aliphatic carbocycles. The van der Waals surface area contributed by atoms with E-state index in [1.54, 1.807) is 25.1 Å². The van der Waals surface area contributed by atoms with Crippen molar-refractivity contribution >= 4 is 40.7 Å². The van der Waals surface area contributed by atoms with Crippen LogP contribution in [0.15, 0.2) is 36.8 Å². The number of carbonyl (C=O) groups excluding carboxylic acids is 1. The number of hydrogen-bond donors (Lipinski definition) is 1. The maximum absolute atomic E-state index is 13.2. The standard InChI is InChI=1S/C18H13Cl2F2N7O/c1-9-5-14(15(21)22)29-16(25-9)10(6-24-29)17(30)26-18-23-8-28(27-18)7-11-12(19)3-2-4-13(11)20/h2-6,8,15H,7H2,1H3,(H,26,27,30). The Bertz CT molecular complexity index is 1230. The molecule has 8 nitrogen and oxygen atoms in total. The molecule has 1 amide bonds. The molecular weight excluding hydrogens is 439 g/mol. The number of amides is 1. The molecule has 1 aromatic carbocycles. The number of nitrogens with zero attached hydrogens (tertiary/aromatic N) is 6. The van der Waals surface area contributed by atoms with Crippen LogP contribution in [-0.4, -0.2) is 35.3 Å². The van der Waals surface area contributed by atoms with Crippen LogP contribution in [0, 0.1) is 6.92 Å². The van der Waals surface area contributed by atoms with Crippen molar-refractivity contribution in [2.45, 2.75) is 19.9 Å². The highest BCUT2D eigenvalue weighted by Gasteiger charge is 2.21. The van der Waals surface area contributed by atoms with Crippen molar-refractivity contribution in [3.8, 4) is 0 Å². The van der Waals surface area contributed by atoms with E-state index in [1.807, 2.05) is 0 Å². The van der Waals surface area contributed by atoms with E-state index < -0.39 is 12.3 Å². The molecule has 4 rings (SSSR count). The first kappa shape index (κ1) is 20.2. The summed E-state index contributed by atoms with van der Waals surface area (Å²) in [5, 5.41) is 11.5. The summed E-state index contributed by atoms with van der Waals surface area (Å²) in [7, 11) is 0. The van der Waals surface area contributed by atoms with Gasteiger partial charge in [0.2, 0.25) is 5.95 Å². The highest BCUT2D eigenvalue weighted by Crippen LogP contribution is 2.25. The van der Waals surface area contributed by atoms with E-state index in [2.05, 4.69) is 25.5 Å². The van der Waals surface area contributed by atoms with Crippen molar-refractivity contribution in [3.63, 3.8) is 0 Å². The zero-order valence-electron chi connectivity index (χ0n) is 15.4. The summed E-state index contributed by atoms with van der Waals surface area (Å²) in [6, 6.07) is 6.36. The van der Waals surface area contributed by atoms with Gasteiger partial charge in [-0.1, -0.05) is 29.3 Å². The molecule has 0 bridgehead atoms. The quantitative estimate of drug-likeness (QED) is 0.491. The fourth-order valence-electron chi connectivity index (χ4n) is 2.87. The fraction of sp³-hybridized carbons (Fsp3) is 0.167. The summed E-state index contributed by atoms with van der Waals surface area (Å²) >= 11 is 12.3. The molecule has 0 fully saturated rings. The first-order valence-corrected chi connectivity index (χ1v) is 9.36. The molecule has 3 aromatic heterocycles. The molecule has 3 heterocycles. The van der Waals surface area contributed by atoms with Crippen LogP contribution < -0.4 is 5.32 Å². The largest absolute Gasteiger partial charge is 0.289 e. The second-order valence-electron chi connectivity index (χ2n) is 6.34. The van der Waals surface area contributed by atoms with Gasteiger partial charge in [-0.05, 0) is 25.1 Å². The number of anilines is 1. The Hall–Kier alpha value is -3.11. The number of fused-ring (bicyclic) bond motifs is 1. The summed E-state index contributed by atoms with van der Waals surface area (Å²) in [6.07, 6.45) is -0.189. The van der Waals surface area contributed by atoms with E-state index in [4.69, 9.17) is 23.2 Å². The maximum atomic E-state index is 13.2.